The van der Waals surface area contributed by atoms with Crippen molar-refractivity contribution < 1.29 is 9.26 Å². The van der Waals surface area contributed by atoms with Gasteiger partial charge in [0, 0.05) is 17.6 Å². The van der Waals surface area contributed by atoms with Gasteiger partial charge in [-0.3, -0.25) is 4.99 Å². The van der Waals surface area contributed by atoms with Crippen LogP contribution in [0.15, 0.2) is 58.0 Å². The molecule has 2 aromatic carbocycles. The Morgan fingerprint density at radius 3 is 2.52 bits per heavy atom. The molecule has 0 saturated carbocycles. The van der Waals surface area contributed by atoms with Gasteiger partial charge in [0.2, 0.25) is 11.7 Å². The molecule has 0 radical (unpaired) electrons. The van der Waals surface area contributed by atoms with Crippen molar-refractivity contribution in [1.82, 2.24) is 20.8 Å². The number of halogens is 2. The molecule has 0 bridgehead atoms. The maximum atomic E-state index is 5.89. The van der Waals surface area contributed by atoms with Gasteiger partial charge in [0.15, 0.2) is 5.96 Å². The zero-order valence-corrected chi connectivity index (χ0v) is 19.3. The van der Waals surface area contributed by atoms with Crippen molar-refractivity contribution in [3.63, 3.8) is 0 Å². The normalized spacial score (nSPS) is 10.9. The lowest BCUT2D eigenvalue weighted by atomic mass is 10.2. The highest BCUT2D eigenvalue weighted by Crippen LogP contribution is 2.18. The van der Waals surface area contributed by atoms with Gasteiger partial charge in [-0.25, -0.2) is 0 Å². The van der Waals surface area contributed by atoms with Gasteiger partial charge in [-0.1, -0.05) is 34.5 Å². The van der Waals surface area contributed by atoms with Crippen molar-refractivity contribution in [3.8, 4) is 17.1 Å². The summed E-state index contributed by atoms with van der Waals surface area (Å²) < 4.78 is 11.0. The van der Waals surface area contributed by atoms with Crippen molar-refractivity contribution in [3.05, 3.63) is 65.0 Å². The predicted octanol–water partition coefficient (Wildman–Crippen LogP) is 4.06. The van der Waals surface area contributed by atoms with Gasteiger partial charge in [0.1, 0.15) is 12.4 Å². The van der Waals surface area contributed by atoms with E-state index in [2.05, 4.69) is 25.8 Å². The first-order valence-electron chi connectivity index (χ1n) is 8.86. The zero-order valence-electron chi connectivity index (χ0n) is 16.2. The van der Waals surface area contributed by atoms with Gasteiger partial charge < -0.3 is 19.9 Å². The van der Waals surface area contributed by atoms with Gasteiger partial charge in [-0.2, -0.15) is 4.98 Å². The number of nitrogens with one attached hydrogen (secondary N) is 2. The molecule has 0 fully saturated rings. The number of nitrogens with zero attached hydrogens (tertiary/aromatic N) is 3. The van der Waals surface area contributed by atoms with Gasteiger partial charge in [-0.05, 0) is 43.3 Å². The van der Waals surface area contributed by atoms with Crippen LogP contribution in [0.1, 0.15) is 11.5 Å². The lowest BCUT2D eigenvalue weighted by Gasteiger charge is -2.11. The number of aryl methyl sites for hydroxylation is 1. The smallest absolute Gasteiger partial charge is 0.246 e. The zero-order chi connectivity index (χ0) is 19.8. The summed E-state index contributed by atoms with van der Waals surface area (Å²) in [7, 11) is 1.70. The monoisotopic (exact) mass is 527 g/mol. The number of hydrogen-bond donors (Lipinski definition) is 2. The van der Waals surface area contributed by atoms with Gasteiger partial charge in [0.05, 0.1) is 13.1 Å². The Morgan fingerprint density at radius 2 is 1.83 bits per heavy atom. The Bertz CT molecular complexity index is 913. The van der Waals surface area contributed by atoms with E-state index in [0.29, 0.717) is 42.4 Å². The average molecular weight is 528 g/mol. The fourth-order valence-electron chi connectivity index (χ4n) is 2.40. The maximum Gasteiger partial charge on any atom is 0.246 e. The topological polar surface area (TPSA) is 84.6 Å². The molecule has 3 aromatic rings. The van der Waals surface area contributed by atoms with E-state index in [-0.39, 0.29) is 24.0 Å². The molecule has 29 heavy (non-hydrogen) atoms. The molecule has 0 amide bonds. The summed E-state index contributed by atoms with van der Waals surface area (Å²) in [4.78, 5) is 8.54. The molecule has 0 aliphatic carbocycles. The molecule has 0 saturated heterocycles. The van der Waals surface area contributed by atoms with Crippen LogP contribution in [-0.4, -0.2) is 36.3 Å². The minimum Gasteiger partial charge on any atom is -0.492 e. The molecule has 7 nitrogen and oxygen atoms in total. The minimum atomic E-state index is 0. The molecule has 1 aromatic heterocycles. The second kappa shape index (κ2) is 11.6. The average Bonchev–Trinajstić information content (AvgIpc) is 3.18. The van der Waals surface area contributed by atoms with Crippen molar-refractivity contribution >= 4 is 41.5 Å². The number of guanidine groups is 1. The van der Waals surface area contributed by atoms with Crippen LogP contribution in [0, 0.1) is 6.92 Å². The standard InChI is InChI=1S/C20H22ClN5O2.HI/c1-14-3-9-17(10-4-14)27-12-11-23-20(22-2)24-13-18-25-19(26-28-18)15-5-7-16(21)8-6-15;/h3-10H,11-13H2,1-2H3,(H2,22,23,24);1H. The summed E-state index contributed by atoms with van der Waals surface area (Å²) in [6.45, 7) is 3.53. The molecule has 3 rings (SSSR count). The second-order valence-electron chi connectivity index (χ2n) is 6.03. The molecule has 0 atom stereocenters. The van der Waals surface area contributed by atoms with E-state index in [1.807, 2.05) is 43.3 Å². The Kier molecular flexibility index (Phi) is 9.20. The quantitative estimate of drug-likeness (QED) is 0.209. The number of benzene rings is 2. The first-order chi connectivity index (χ1) is 13.6. The Balaban J connectivity index is 0.00000300. The van der Waals surface area contributed by atoms with Crippen LogP contribution < -0.4 is 15.4 Å². The summed E-state index contributed by atoms with van der Waals surface area (Å²) in [5.41, 5.74) is 2.05. The molecule has 1 heterocycles. The van der Waals surface area contributed by atoms with E-state index in [1.54, 1.807) is 19.2 Å². The van der Waals surface area contributed by atoms with Crippen LogP contribution in [-0.2, 0) is 6.54 Å². The number of rotatable bonds is 7. The van der Waals surface area contributed by atoms with Crippen LogP contribution in [0.3, 0.4) is 0 Å². The van der Waals surface area contributed by atoms with Crippen molar-refractivity contribution in [2.75, 3.05) is 20.2 Å². The predicted molar refractivity (Wildman–Crippen MR) is 125 cm³/mol. The number of hydrogen-bond acceptors (Lipinski definition) is 5. The maximum absolute atomic E-state index is 5.89. The molecule has 9 heteroatoms. The molecule has 0 aliphatic rings. The molecule has 0 spiro atoms. The Hall–Kier alpha value is -2.33. The van der Waals surface area contributed by atoms with Gasteiger partial charge in [-0.15, -0.1) is 24.0 Å². The first kappa shape index (κ1) is 23.0. The molecular weight excluding hydrogens is 505 g/mol. The van der Waals surface area contributed by atoms with E-state index in [4.69, 9.17) is 20.9 Å². The highest BCUT2D eigenvalue weighted by atomic mass is 127. The summed E-state index contributed by atoms with van der Waals surface area (Å²) in [5.74, 6) is 2.45. The largest absolute Gasteiger partial charge is 0.492 e. The third-order valence-corrected chi connectivity index (χ3v) is 4.14. The molecular formula is C20H23ClIN5O2. The summed E-state index contributed by atoms with van der Waals surface area (Å²) in [5, 5.41) is 11.0. The fraction of sp³-hybridized carbons (Fsp3) is 0.250. The molecule has 154 valence electrons. The molecule has 0 unspecified atom stereocenters. The van der Waals surface area contributed by atoms with E-state index >= 15 is 0 Å². The van der Waals surface area contributed by atoms with Crippen LogP contribution in [0.25, 0.3) is 11.4 Å². The molecule has 2 N–H and O–H groups in total. The summed E-state index contributed by atoms with van der Waals surface area (Å²) in [6, 6.07) is 15.2. The summed E-state index contributed by atoms with van der Waals surface area (Å²) >= 11 is 5.89. The van der Waals surface area contributed by atoms with Gasteiger partial charge in [0.25, 0.3) is 0 Å². The van der Waals surface area contributed by atoms with Crippen LogP contribution in [0.2, 0.25) is 5.02 Å². The van der Waals surface area contributed by atoms with Crippen LogP contribution in [0.5, 0.6) is 5.75 Å². The third kappa shape index (κ3) is 7.21. The summed E-state index contributed by atoms with van der Waals surface area (Å²) in [6.07, 6.45) is 0. The number of aromatic nitrogens is 2. The van der Waals surface area contributed by atoms with Crippen molar-refractivity contribution in [2.45, 2.75) is 13.5 Å². The van der Waals surface area contributed by atoms with Crippen molar-refractivity contribution in [1.29, 1.82) is 0 Å². The third-order valence-electron chi connectivity index (χ3n) is 3.89. The Labute approximate surface area is 191 Å². The van der Waals surface area contributed by atoms with Gasteiger partial charge >= 0.3 is 0 Å². The lowest BCUT2D eigenvalue weighted by Crippen LogP contribution is -2.38. The van der Waals surface area contributed by atoms with Crippen LogP contribution in [0.4, 0.5) is 0 Å². The van der Waals surface area contributed by atoms with E-state index in [0.717, 1.165) is 11.3 Å². The highest BCUT2D eigenvalue weighted by molar-refractivity contribution is 14.0. The number of aliphatic imine (C=N–C) groups is 1. The SMILES string of the molecule is CN=C(NCCOc1ccc(C)cc1)NCc1nc(-c2ccc(Cl)cc2)no1.I. The fourth-order valence-corrected chi connectivity index (χ4v) is 2.52. The highest BCUT2D eigenvalue weighted by Gasteiger charge is 2.09. The van der Waals surface area contributed by atoms with E-state index in [1.165, 1.54) is 5.56 Å². The Morgan fingerprint density at radius 1 is 1.10 bits per heavy atom. The number of ether oxygens (including phenoxy) is 1. The van der Waals surface area contributed by atoms with E-state index in [9.17, 15) is 0 Å². The second-order valence-corrected chi connectivity index (χ2v) is 6.47. The minimum absolute atomic E-state index is 0. The molecule has 0 aliphatic heterocycles. The van der Waals surface area contributed by atoms with Crippen LogP contribution >= 0.6 is 35.6 Å². The first-order valence-corrected chi connectivity index (χ1v) is 9.24. The lowest BCUT2D eigenvalue weighted by molar-refractivity contribution is 0.321. The van der Waals surface area contributed by atoms with E-state index < -0.39 is 0 Å². The van der Waals surface area contributed by atoms with Crippen molar-refractivity contribution in [2.24, 2.45) is 4.99 Å².